The number of hydrogen-bond donors (Lipinski definition) is 1. The minimum atomic E-state index is -0.426. The molecule has 1 aliphatic heterocycles. The number of carbonyl (C=O) groups excluding carboxylic acids is 1. The van der Waals surface area contributed by atoms with Crippen molar-refractivity contribution in [1.82, 2.24) is 4.90 Å². The van der Waals surface area contributed by atoms with E-state index in [9.17, 15) is 4.79 Å². The molecule has 0 radical (unpaired) electrons. The van der Waals surface area contributed by atoms with Gasteiger partial charge in [-0.05, 0) is 29.7 Å². The van der Waals surface area contributed by atoms with Gasteiger partial charge in [-0.2, -0.15) is 0 Å². The molecule has 2 N–H and O–H groups in total. The summed E-state index contributed by atoms with van der Waals surface area (Å²) < 4.78 is 5.39. The summed E-state index contributed by atoms with van der Waals surface area (Å²) in [6.45, 7) is 9.20. The predicted molar refractivity (Wildman–Crippen MR) is 92.8 cm³/mol. The largest absolute Gasteiger partial charge is 0.381 e. The van der Waals surface area contributed by atoms with E-state index in [-0.39, 0.29) is 17.2 Å². The Balaban J connectivity index is 2.09. The summed E-state index contributed by atoms with van der Waals surface area (Å²) in [5, 5.41) is 0. The third kappa shape index (κ3) is 5.63. The lowest BCUT2D eigenvalue weighted by atomic mass is 9.90. The molecule has 1 amide bonds. The fourth-order valence-electron chi connectivity index (χ4n) is 3.08. The second-order valence-electron chi connectivity index (χ2n) is 7.72. The van der Waals surface area contributed by atoms with Crippen molar-refractivity contribution in [3.05, 3.63) is 35.9 Å². The third-order valence-electron chi connectivity index (χ3n) is 4.25. The molecule has 1 aromatic carbocycles. The quantitative estimate of drug-likeness (QED) is 0.908. The van der Waals surface area contributed by atoms with E-state index < -0.39 is 6.04 Å². The Kier molecular flexibility index (Phi) is 6.19. The van der Waals surface area contributed by atoms with Crippen LogP contribution in [0.25, 0.3) is 0 Å². The molecular weight excluding hydrogens is 288 g/mol. The van der Waals surface area contributed by atoms with Crippen LogP contribution < -0.4 is 5.73 Å². The van der Waals surface area contributed by atoms with Crippen molar-refractivity contribution in [1.29, 1.82) is 0 Å². The van der Waals surface area contributed by atoms with Crippen LogP contribution in [0.3, 0.4) is 0 Å². The van der Waals surface area contributed by atoms with Crippen molar-refractivity contribution in [2.75, 3.05) is 19.8 Å². The molecule has 1 unspecified atom stereocenters. The van der Waals surface area contributed by atoms with Crippen LogP contribution in [0.4, 0.5) is 0 Å². The maximum absolute atomic E-state index is 13.0. The summed E-state index contributed by atoms with van der Waals surface area (Å²) in [6, 6.07) is 9.70. The number of benzene rings is 1. The molecule has 128 valence electrons. The van der Waals surface area contributed by atoms with Crippen LogP contribution >= 0.6 is 0 Å². The number of nitrogens with two attached hydrogens (primary N) is 1. The number of amides is 1. The zero-order chi connectivity index (χ0) is 16.9. The molecule has 0 aliphatic carbocycles. The van der Waals surface area contributed by atoms with Gasteiger partial charge in [0.15, 0.2) is 0 Å². The minimum Gasteiger partial charge on any atom is -0.381 e. The summed E-state index contributed by atoms with van der Waals surface area (Å²) in [4.78, 5) is 14.9. The van der Waals surface area contributed by atoms with Crippen LogP contribution in [0.5, 0.6) is 0 Å². The molecule has 2 rings (SSSR count). The van der Waals surface area contributed by atoms with Gasteiger partial charge < -0.3 is 15.4 Å². The number of carbonyl (C=O) groups is 1. The smallest absolute Gasteiger partial charge is 0.240 e. The summed E-state index contributed by atoms with van der Waals surface area (Å²) in [5.74, 6) is 0.296. The van der Waals surface area contributed by atoms with Crippen molar-refractivity contribution >= 4 is 5.91 Å². The standard InChI is InChI=1S/C19H30N2O2/c1-19(2,3)14-21(13-15-7-5-4-6-8-15)18(22)17(20)16-9-11-23-12-10-16/h4-8,16-17H,9-14,20H2,1-3H3. The van der Waals surface area contributed by atoms with Crippen molar-refractivity contribution in [3.8, 4) is 0 Å². The molecule has 1 heterocycles. The molecule has 4 heteroatoms. The zero-order valence-corrected chi connectivity index (χ0v) is 14.6. The van der Waals surface area contributed by atoms with Crippen LogP contribution in [0.15, 0.2) is 30.3 Å². The molecular formula is C19H30N2O2. The van der Waals surface area contributed by atoms with Gasteiger partial charge in [0.05, 0.1) is 6.04 Å². The van der Waals surface area contributed by atoms with Gasteiger partial charge in [0, 0.05) is 26.3 Å². The van der Waals surface area contributed by atoms with Crippen LogP contribution in [-0.4, -0.2) is 36.6 Å². The number of nitrogens with zero attached hydrogens (tertiary/aromatic N) is 1. The van der Waals surface area contributed by atoms with E-state index in [0.29, 0.717) is 26.3 Å². The van der Waals surface area contributed by atoms with E-state index in [1.807, 2.05) is 23.1 Å². The molecule has 0 bridgehead atoms. The first-order valence-electron chi connectivity index (χ1n) is 8.53. The van der Waals surface area contributed by atoms with Gasteiger partial charge in [0.25, 0.3) is 0 Å². The van der Waals surface area contributed by atoms with E-state index in [2.05, 4.69) is 32.9 Å². The van der Waals surface area contributed by atoms with Crippen LogP contribution in [-0.2, 0) is 16.1 Å². The number of rotatable bonds is 5. The maximum Gasteiger partial charge on any atom is 0.240 e. The number of ether oxygens (including phenoxy) is 1. The van der Waals surface area contributed by atoms with E-state index in [1.165, 1.54) is 0 Å². The molecule has 1 fully saturated rings. The first-order valence-corrected chi connectivity index (χ1v) is 8.53. The van der Waals surface area contributed by atoms with Gasteiger partial charge in [-0.3, -0.25) is 4.79 Å². The first-order chi connectivity index (χ1) is 10.9. The Hall–Kier alpha value is -1.39. The second-order valence-corrected chi connectivity index (χ2v) is 7.72. The monoisotopic (exact) mass is 318 g/mol. The van der Waals surface area contributed by atoms with E-state index in [0.717, 1.165) is 18.4 Å². The van der Waals surface area contributed by atoms with E-state index in [4.69, 9.17) is 10.5 Å². The molecule has 0 aromatic heterocycles. The highest BCUT2D eigenvalue weighted by atomic mass is 16.5. The molecule has 1 aliphatic rings. The predicted octanol–water partition coefficient (Wildman–Crippen LogP) is 2.82. The van der Waals surface area contributed by atoms with Crippen LogP contribution in [0.2, 0.25) is 0 Å². The topological polar surface area (TPSA) is 55.6 Å². The Bertz CT molecular complexity index is 490. The highest BCUT2D eigenvalue weighted by molar-refractivity contribution is 5.82. The average Bonchev–Trinajstić information content (AvgIpc) is 2.53. The maximum atomic E-state index is 13.0. The van der Waals surface area contributed by atoms with Gasteiger partial charge in [-0.25, -0.2) is 0 Å². The summed E-state index contributed by atoms with van der Waals surface area (Å²) in [5.41, 5.74) is 7.50. The lowest BCUT2D eigenvalue weighted by Gasteiger charge is -2.35. The minimum absolute atomic E-state index is 0.0415. The zero-order valence-electron chi connectivity index (χ0n) is 14.6. The Morgan fingerprint density at radius 3 is 2.43 bits per heavy atom. The molecule has 4 nitrogen and oxygen atoms in total. The average molecular weight is 318 g/mol. The summed E-state index contributed by atoms with van der Waals surface area (Å²) in [7, 11) is 0. The normalized spacial score (nSPS) is 17.7. The summed E-state index contributed by atoms with van der Waals surface area (Å²) in [6.07, 6.45) is 1.75. The lowest BCUT2D eigenvalue weighted by Crippen LogP contribution is -2.50. The summed E-state index contributed by atoms with van der Waals surface area (Å²) >= 11 is 0. The van der Waals surface area contributed by atoms with Crippen molar-refractivity contribution in [2.45, 2.75) is 46.2 Å². The Morgan fingerprint density at radius 1 is 1.26 bits per heavy atom. The molecule has 1 saturated heterocycles. The molecule has 0 spiro atoms. The first kappa shape index (κ1) is 18.0. The van der Waals surface area contributed by atoms with Gasteiger partial charge in [0.2, 0.25) is 5.91 Å². The van der Waals surface area contributed by atoms with Gasteiger partial charge in [-0.1, -0.05) is 51.1 Å². The SMILES string of the molecule is CC(C)(C)CN(Cc1ccccc1)C(=O)C(N)C1CCOCC1. The molecule has 1 aromatic rings. The van der Waals surface area contributed by atoms with Gasteiger partial charge in [-0.15, -0.1) is 0 Å². The number of hydrogen-bond acceptors (Lipinski definition) is 3. The van der Waals surface area contributed by atoms with Crippen molar-refractivity contribution < 1.29 is 9.53 Å². The van der Waals surface area contributed by atoms with Crippen molar-refractivity contribution in [3.63, 3.8) is 0 Å². The van der Waals surface area contributed by atoms with Crippen LogP contribution in [0.1, 0.15) is 39.2 Å². The highest BCUT2D eigenvalue weighted by Crippen LogP contribution is 2.22. The van der Waals surface area contributed by atoms with Gasteiger partial charge >= 0.3 is 0 Å². The van der Waals surface area contributed by atoms with E-state index in [1.54, 1.807) is 0 Å². The molecule has 0 saturated carbocycles. The van der Waals surface area contributed by atoms with Crippen LogP contribution in [0, 0.1) is 11.3 Å². The fourth-order valence-corrected chi connectivity index (χ4v) is 3.08. The lowest BCUT2D eigenvalue weighted by molar-refractivity contribution is -0.136. The third-order valence-corrected chi connectivity index (χ3v) is 4.25. The van der Waals surface area contributed by atoms with Crippen molar-refractivity contribution in [2.24, 2.45) is 17.1 Å². The Morgan fingerprint density at radius 2 is 1.87 bits per heavy atom. The second kappa shape index (κ2) is 7.93. The Labute approximate surface area is 140 Å². The van der Waals surface area contributed by atoms with Gasteiger partial charge in [0.1, 0.15) is 0 Å². The highest BCUT2D eigenvalue weighted by Gasteiger charge is 2.31. The fraction of sp³-hybridized carbons (Fsp3) is 0.632. The van der Waals surface area contributed by atoms with E-state index >= 15 is 0 Å². The molecule has 23 heavy (non-hydrogen) atoms. The molecule has 1 atom stereocenters.